The Morgan fingerprint density at radius 3 is 2.20 bits per heavy atom. The predicted molar refractivity (Wildman–Crippen MR) is 72.3 cm³/mol. The largest absolute Gasteiger partial charge is 0.460 e. The van der Waals surface area contributed by atoms with Gasteiger partial charge in [0.2, 0.25) is 4.84 Å². The third kappa shape index (κ3) is 7.81. The normalized spacial score (nSPS) is 11.4. The van der Waals surface area contributed by atoms with Gasteiger partial charge in [0.05, 0.1) is 0 Å². The lowest BCUT2D eigenvalue weighted by molar-refractivity contribution is -0.161. The number of carbonyl (C=O) groups is 3. The van der Waals surface area contributed by atoms with Crippen molar-refractivity contribution in [2.75, 3.05) is 13.2 Å². The van der Waals surface area contributed by atoms with Gasteiger partial charge >= 0.3 is 17.9 Å². The molecule has 0 spiro atoms. The van der Waals surface area contributed by atoms with E-state index in [0.29, 0.717) is 0 Å². The van der Waals surface area contributed by atoms with E-state index in [2.05, 4.69) is 17.9 Å². The second-order valence-electron chi connectivity index (χ2n) is 3.57. The Balaban J connectivity index is 4.49. The van der Waals surface area contributed by atoms with Gasteiger partial charge in [-0.1, -0.05) is 36.4 Å². The predicted octanol–water partition coefficient (Wildman–Crippen LogP) is 1.55. The number of esters is 3. The van der Waals surface area contributed by atoms with Crippen molar-refractivity contribution in [3.63, 3.8) is 0 Å². The standard InChI is InChI=1S/C12H14Cl2O6/c1-4-9(15)18-5-8(20-11(16)7(2)3)6-19-12(17)10(13)14/h4,8,10H,1-2,5-6H2,3H3. The van der Waals surface area contributed by atoms with Crippen LogP contribution in [-0.4, -0.2) is 42.1 Å². The van der Waals surface area contributed by atoms with E-state index in [9.17, 15) is 14.4 Å². The van der Waals surface area contributed by atoms with E-state index in [1.54, 1.807) is 0 Å². The first-order chi connectivity index (χ1) is 9.27. The number of carbonyl (C=O) groups excluding carboxylic acids is 3. The number of hydrogen-bond donors (Lipinski definition) is 0. The highest BCUT2D eigenvalue weighted by Crippen LogP contribution is 2.06. The average molecular weight is 325 g/mol. The molecular formula is C12H14Cl2O6. The summed E-state index contributed by atoms with van der Waals surface area (Å²) in [6.07, 6.45) is -0.0591. The Labute approximate surface area is 126 Å². The number of ether oxygens (including phenoxy) is 3. The van der Waals surface area contributed by atoms with Gasteiger partial charge in [0.25, 0.3) is 0 Å². The molecule has 6 nitrogen and oxygen atoms in total. The number of rotatable bonds is 8. The zero-order valence-corrected chi connectivity index (χ0v) is 12.3. The molecule has 0 aromatic carbocycles. The Hall–Kier alpha value is -1.53. The van der Waals surface area contributed by atoms with Gasteiger partial charge in [0.1, 0.15) is 13.2 Å². The molecule has 8 heteroatoms. The molecule has 0 heterocycles. The Kier molecular flexibility index (Phi) is 8.67. The van der Waals surface area contributed by atoms with E-state index in [0.717, 1.165) is 6.08 Å². The maximum atomic E-state index is 11.4. The molecule has 0 radical (unpaired) electrons. The molecule has 0 aliphatic heterocycles. The molecular weight excluding hydrogens is 311 g/mol. The molecule has 0 N–H and O–H groups in total. The number of hydrogen-bond acceptors (Lipinski definition) is 6. The molecule has 0 saturated carbocycles. The van der Waals surface area contributed by atoms with Crippen molar-refractivity contribution in [2.45, 2.75) is 17.9 Å². The van der Waals surface area contributed by atoms with Crippen molar-refractivity contribution in [3.8, 4) is 0 Å². The highest BCUT2D eigenvalue weighted by Gasteiger charge is 2.21. The summed E-state index contributed by atoms with van der Waals surface area (Å²) in [4.78, 5) is 32.0. The summed E-state index contributed by atoms with van der Waals surface area (Å²) in [6.45, 7) is 7.37. The van der Waals surface area contributed by atoms with E-state index in [1.165, 1.54) is 6.92 Å². The van der Waals surface area contributed by atoms with Crippen molar-refractivity contribution in [2.24, 2.45) is 0 Å². The fourth-order valence-corrected chi connectivity index (χ4v) is 0.966. The molecule has 0 amide bonds. The van der Waals surface area contributed by atoms with Crippen molar-refractivity contribution in [1.82, 2.24) is 0 Å². The zero-order chi connectivity index (χ0) is 15.7. The monoisotopic (exact) mass is 324 g/mol. The van der Waals surface area contributed by atoms with Gasteiger partial charge in [-0.25, -0.2) is 14.4 Å². The number of halogens is 2. The van der Waals surface area contributed by atoms with Crippen LogP contribution in [0.1, 0.15) is 6.92 Å². The molecule has 1 unspecified atom stereocenters. The summed E-state index contributed by atoms with van der Waals surface area (Å²) in [6, 6.07) is 0. The first kappa shape index (κ1) is 18.5. The number of alkyl halides is 2. The first-order valence-corrected chi connectivity index (χ1v) is 6.25. The van der Waals surface area contributed by atoms with Crippen LogP contribution in [0, 0.1) is 0 Å². The minimum Gasteiger partial charge on any atom is -0.460 e. The van der Waals surface area contributed by atoms with Gasteiger partial charge in [0.15, 0.2) is 6.10 Å². The molecule has 0 fully saturated rings. The van der Waals surface area contributed by atoms with Gasteiger partial charge in [0, 0.05) is 11.6 Å². The summed E-state index contributed by atoms with van der Waals surface area (Å²) in [7, 11) is 0. The smallest absolute Gasteiger partial charge is 0.339 e. The van der Waals surface area contributed by atoms with Crippen LogP contribution in [0.25, 0.3) is 0 Å². The van der Waals surface area contributed by atoms with Gasteiger partial charge in [-0.2, -0.15) is 0 Å². The van der Waals surface area contributed by atoms with Gasteiger partial charge in [-0.3, -0.25) is 0 Å². The van der Waals surface area contributed by atoms with Crippen molar-refractivity contribution >= 4 is 41.1 Å². The molecule has 20 heavy (non-hydrogen) atoms. The van der Waals surface area contributed by atoms with Gasteiger partial charge in [-0.15, -0.1) is 0 Å². The Bertz CT molecular complexity index is 405. The molecule has 0 aliphatic rings. The molecule has 112 valence electrons. The quantitative estimate of drug-likeness (QED) is 0.292. The van der Waals surface area contributed by atoms with E-state index in [1.807, 2.05) is 0 Å². The fraction of sp³-hybridized carbons (Fsp3) is 0.417. The van der Waals surface area contributed by atoms with Crippen LogP contribution in [0.2, 0.25) is 0 Å². The van der Waals surface area contributed by atoms with Crippen LogP contribution < -0.4 is 0 Å². The minimum absolute atomic E-state index is 0.143. The lowest BCUT2D eigenvalue weighted by Gasteiger charge is -2.17. The molecule has 0 bridgehead atoms. The van der Waals surface area contributed by atoms with Crippen LogP contribution in [0.15, 0.2) is 24.8 Å². The topological polar surface area (TPSA) is 78.9 Å². The third-order valence-corrected chi connectivity index (χ3v) is 2.15. The maximum absolute atomic E-state index is 11.4. The lowest BCUT2D eigenvalue weighted by Crippen LogP contribution is -2.31. The van der Waals surface area contributed by atoms with Crippen LogP contribution in [0.4, 0.5) is 0 Å². The van der Waals surface area contributed by atoms with E-state index in [-0.39, 0.29) is 18.8 Å². The summed E-state index contributed by atoms with van der Waals surface area (Å²) < 4.78 is 14.3. The fourth-order valence-electron chi connectivity index (χ4n) is 0.840. The summed E-state index contributed by atoms with van der Waals surface area (Å²) in [5, 5.41) is 0. The highest BCUT2D eigenvalue weighted by atomic mass is 35.5. The van der Waals surface area contributed by atoms with Crippen LogP contribution in [0.3, 0.4) is 0 Å². The van der Waals surface area contributed by atoms with Crippen molar-refractivity contribution in [1.29, 1.82) is 0 Å². The van der Waals surface area contributed by atoms with Crippen LogP contribution in [0.5, 0.6) is 0 Å². The third-order valence-electron chi connectivity index (χ3n) is 1.79. The molecule has 0 saturated heterocycles. The molecule has 1 atom stereocenters. The Morgan fingerprint density at radius 2 is 1.75 bits per heavy atom. The average Bonchev–Trinajstić information content (AvgIpc) is 2.40. The summed E-state index contributed by atoms with van der Waals surface area (Å²) >= 11 is 10.6. The molecule has 0 rings (SSSR count). The zero-order valence-electron chi connectivity index (χ0n) is 10.8. The van der Waals surface area contributed by atoms with Crippen molar-refractivity contribution < 1.29 is 28.6 Å². The van der Waals surface area contributed by atoms with Crippen LogP contribution >= 0.6 is 23.2 Å². The SMILES string of the molecule is C=CC(=O)OCC(COC(=O)C(Cl)Cl)OC(=O)C(=C)C. The molecule has 0 aliphatic carbocycles. The summed E-state index contributed by atoms with van der Waals surface area (Å²) in [5.74, 6) is -2.32. The van der Waals surface area contributed by atoms with E-state index in [4.69, 9.17) is 32.7 Å². The Morgan fingerprint density at radius 1 is 1.20 bits per heavy atom. The molecule has 0 aromatic heterocycles. The van der Waals surface area contributed by atoms with Gasteiger partial charge in [-0.05, 0) is 6.92 Å². The molecule has 0 aromatic rings. The maximum Gasteiger partial charge on any atom is 0.339 e. The minimum atomic E-state index is -1.36. The highest BCUT2D eigenvalue weighted by molar-refractivity contribution is 6.52. The van der Waals surface area contributed by atoms with Gasteiger partial charge < -0.3 is 14.2 Å². The first-order valence-electron chi connectivity index (χ1n) is 5.38. The second kappa shape index (κ2) is 9.39. The van der Waals surface area contributed by atoms with E-state index >= 15 is 0 Å². The van der Waals surface area contributed by atoms with Crippen molar-refractivity contribution in [3.05, 3.63) is 24.8 Å². The van der Waals surface area contributed by atoms with E-state index < -0.39 is 28.8 Å². The summed E-state index contributed by atoms with van der Waals surface area (Å²) in [5.41, 5.74) is 0.143. The lowest BCUT2D eigenvalue weighted by atomic mass is 10.3. The second-order valence-corrected chi connectivity index (χ2v) is 4.67. The van der Waals surface area contributed by atoms with Crippen LogP contribution in [-0.2, 0) is 28.6 Å².